The van der Waals surface area contributed by atoms with E-state index in [-0.39, 0.29) is 0 Å². The van der Waals surface area contributed by atoms with Gasteiger partial charge in [0.25, 0.3) is 6.01 Å². The maximum absolute atomic E-state index is 5.69. The summed E-state index contributed by atoms with van der Waals surface area (Å²) >= 11 is 0. The molecule has 1 heterocycles. The number of hydrogen-bond donors (Lipinski definition) is 2. The van der Waals surface area contributed by atoms with Crippen molar-refractivity contribution in [1.29, 1.82) is 0 Å². The SMILES string of the molecule is COCCCCCNc1nc2cc(N)ccc2o1. The van der Waals surface area contributed by atoms with Gasteiger partial charge in [-0.1, -0.05) is 0 Å². The lowest BCUT2D eigenvalue weighted by Gasteiger charge is -2.01. The van der Waals surface area contributed by atoms with E-state index < -0.39 is 0 Å². The maximum atomic E-state index is 5.69. The molecule has 0 aliphatic heterocycles. The highest BCUT2D eigenvalue weighted by molar-refractivity contribution is 5.78. The van der Waals surface area contributed by atoms with E-state index in [4.69, 9.17) is 14.9 Å². The zero-order valence-electron chi connectivity index (χ0n) is 10.6. The molecule has 5 heteroatoms. The highest BCUT2D eigenvalue weighted by Crippen LogP contribution is 2.20. The number of methoxy groups -OCH3 is 1. The summed E-state index contributed by atoms with van der Waals surface area (Å²) in [6, 6.07) is 6.01. The van der Waals surface area contributed by atoms with Crippen molar-refractivity contribution in [2.45, 2.75) is 19.3 Å². The van der Waals surface area contributed by atoms with Crippen LogP contribution in [-0.2, 0) is 4.74 Å². The largest absolute Gasteiger partial charge is 0.424 e. The van der Waals surface area contributed by atoms with Crippen molar-refractivity contribution in [2.75, 3.05) is 31.3 Å². The summed E-state index contributed by atoms with van der Waals surface area (Å²) in [5.74, 6) is 0. The summed E-state index contributed by atoms with van der Waals surface area (Å²) in [5.41, 5.74) is 7.93. The number of oxazole rings is 1. The van der Waals surface area contributed by atoms with E-state index in [2.05, 4.69) is 10.3 Å². The van der Waals surface area contributed by atoms with Gasteiger partial charge in [0.2, 0.25) is 0 Å². The molecule has 5 nitrogen and oxygen atoms in total. The Morgan fingerprint density at radius 2 is 2.22 bits per heavy atom. The van der Waals surface area contributed by atoms with Crippen LogP contribution >= 0.6 is 0 Å². The van der Waals surface area contributed by atoms with Crippen LogP contribution in [0.4, 0.5) is 11.7 Å². The molecule has 1 aromatic carbocycles. The molecule has 18 heavy (non-hydrogen) atoms. The van der Waals surface area contributed by atoms with E-state index in [1.165, 1.54) is 0 Å². The second-order valence-corrected chi connectivity index (χ2v) is 4.23. The molecular formula is C13H19N3O2. The topological polar surface area (TPSA) is 73.3 Å². The molecule has 3 N–H and O–H groups in total. The first-order chi connectivity index (χ1) is 8.79. The van der Waals surface area contributed by atoms with Gasteiger partial charge < -0.3 is 20.2 Å². The molecule has 2 rings (SSSR count). The van der Waals surface area contributed by atoms with E-state index in [0.29, 0.717) is 11.7 Å². The third-order valence-corrected chi connectivity index (χ3v) is 2.71. The minimum absolute atomic E-state index is 0.558. The fourth-order valence-corrected chi connectivity index (χ4v) is 1.76. The highest BCUT2D eigenvalue weighted by atomic mass is 16.5. The van der Waals surface area contributed by atoms with Crippen molar-refractivity contribution >= 4 is 22.8 Å². The van der Waals surface area contributed by atoms with Crippen molar-refractivity contribution < 1.29 is 9.15 Å². The predicted molar refractivity (Wildman–Crippen MR) is 72.6 cm³/mol. The second-order valence-electron chi connectivity index (χ2n) is 4.23. The van der Waals surface area contributed by atoms with Gasteiger partial charge in [-0.15, -0.1) is 0 Å². The molecule has 0 amide bonds. The van der Waals surface area contributed by atoms with Crippen molar-refractivity contribution in [3.05, 3.63) is 18.2 Å². The van der Waals surface area contributed by atoms with E-state index >= 15 is 0 Å². The van der Waals surface area contributed by atoms with Gasteiger partial charge in [-0.05, 0) is 37.5 Å². The van der Waals surface area contributed by atoms with Crippen LogP contribution in [0.15, 0.2) is 22.6 Å². The number of anilines is 2. The van der Waals surface area contributed by atoms with E-state index in [0.717, 1.165) is 43.5 Å². The van der Waals surface area contributed by atoms with Gasteiger partial charge in [0.15, 0.2) is 5.58 Å². The number of nitrogens with one attached hydrogen (secondary N) is 1. The Kier molecular flexibility index (Phi) is 4.41. The molecule has 0 spiro atoms. The minimum Gasteiger partial charge on any atom is -0.424 e. The Hall–Kier alpha value is -1.75. The molecule has 0 saturated carbocycles. The lowest BCUT2D eigenvalue weighted by atomic mass is 10.2. The molecular weight excluding hydrogens is 230 g/mol. The Morgan fingerprint density at radius 1 is 1.33 bits per heavy atom. The molecule has 0 saturated heterocycles. The maximum Gasteiger partial charge on any atom is 0.295 e. The number of rotatable bonds is 7. The van der Waals surface area contributed by atoms with Crippen molar-refractivity contribution in [3.8, 4) is 0 Å². The molecule has 0 radical (unpaired) electrons. The number of ether oxygens (including phenoxy) is 1. The first-order valence-electron chi connectivity index (χ1n) is 6.18. The lowest BCUT2D eigenvalue weighted by molar-refractivity contribution is 0.192. The molecule has 0 atom stereocenters. The highest BCUT2D eigenvalue weighted by Gasteiger charge is 2.04. The first-order valence-corrected chi connectivity index (χ1v) is 6.18. The fourth-order valence-electron chi connectivity index (χ4n) is 1.76. The van der Waals surface area contributed by atoms with Gasteiger partial charge in [0.05, 0.1) is 0 Å². The van der Waals surface area contributed by atoms with Crippen LogP contribution in [0.25, 0.3) is 11.1 Å². The van der Waals surface area contributed by atoms with Gasteiger partial charge in [-0.25, -0.2) is 0 Å². The van der Waals surface area contributed by atoms with Gasteiger partial charge >= 0.3 is 0 Å². The summed E-state index contributed by atoms with van der Waals surface area (Å²) in [7, 11) is 1.72. The zero-order valence-corrected chi connectivity index (χ0v) is 10.6. The van der Waals surface area contributed by atoms with Crippen molar-refractivity contribution in [1.82, 2.24) is 4.98 Å². The summed E-state index contributed by atoms with van der Waals surface area (Å²) in [5, 5.41) is 3.17. The Morgan fingerprint density at radius 3 is 3.06 bits per heavy atom. The van der Waals surface area contributed by atoms with Crippen LogP contribution in [0.3, 0.4) is 0 Å². The Bertz CT molecular complexity index is 496. The monoisotopic (exact) mass is 249 g/mol. The number of hydrogen-bond acceptors (Lipinski definition) is 5. The summed E-state index contributed by atoms with van der Waals surface area (Å²) in [6.07, 6.45) is 3.29. The number of aromatic nitrogens is 1. The zero-order chi connectivity index (χ0) is 12.8. The first kappa shape index (κ1) is 12.7. The Balaban J connectivity index is 1.81. The quantitative estimate of drug-likeness (QED) is 0.583. The van der Waals surface area contributed by atoms with Crippen molar-refractivity contribution in [3.63, 3.8) is 0 Å². The average Bonchev–Trinajstić information content (AvgIpc) is 2.75. The molecule has 0 bridgehead atoms. The number of fused-ring (bicyclic) bond motifs is 1. The average molecular weight is 249 g/mol. The van der Waals surface area contributed by atoms with Crippen LogP contribution < -0.4 is 11.1 Å². The lowest BCUT2D eigenvalue weighted by Crippen LogP contribution is -2.02. The summed E-state index contributed by atoms with van der Waals surface area (Å²) in [4.78, 5) is 4.33. The number of nitrogens with zero attached hydrogens (tertiary/aromatic N) is 1. The molecule has 1 aromatic heterocycles. The van der Waals surface area contributed by atoms with E-state index in [1.807, 2.05) is 18.2 Å². The van der Waals surface area contributed by atoms with Gasteiger partial charge in [0.1, 0.15) is 5.52 Å². The number of nitrogen functional groups attached to an aromatic ring is 1. The number of nitrogens with two attached hydrogens (primary N) is 1. The third kappa shape index (κ3) is 3.37. The smallest absolute Gasteiger partial charge is 0.295 e. The van der Waals surface area contributed by atoms with Crippen molar-refractivity contribution in [2.24, 2.45) is 0 Å². The normalized spacial score (nSPS) is 10.9. The van der Waals surface area contributed by atoms with Crippen LogP contribution in [0.1, 0.15) is 19.3 Å². The fraction of sp³-hybridized carbons (Fsp3) is 0.462. The van der Waals surface area contributed by atoms with Crippen LogP contribution in [0, 0.1) is 0 Å². The predicted octanol–water partition coefficient (Wildman–Crippen LogP) is 2.64. The van der Waals surface area contributed by atoms with Crippen LogP contribution in [0.2, 0.25) is 0 Å². The van der Waals surface area contributed by atoms with Crippen LogP contribution in [0.5, 0.6) is 0 Å². The molecule has 0 aliphatic carbocycles. The molecule has 0 fully saturated rings. The van der Waals surface area contributed by atoms with Gasteiger partial charge in [-0.3, -0.25) is 0 Å². The van der Waals surface area contributed by atoms with Gasteiger partial charge in [0, 0.05) is 25.9 Å². The second kappa shape index (κ2) is 6.26. The summed E-state index contributed by atoms with van der Waals surface area (Å²) < 4.78 is 10.5. The minimum atomic E-state index is 0.558. The summed E-state index contributed by atoms with van der Waals surface area (Å²) in [6.45, 7) is 1.67. The molecule has 2 aromatic rings. The molecule has 0 unspecified atom stereocenters. The number of benzene rings is 1. The standard InChI is InChI=1S/C13H19N3O2/c1-17-8-4-2-3-7-15-13-16-11-9-10(14)5-6-12(11)18-13/h5-6,9H,2-4,7-8,14H2,1H3,(H,15,16). The Labute approximate surface area is 106 Å². The van der Waals surface area contributed by atoms with Crippen LogP contribution in [-0.4, -0.2) is 25.2 Å². The molecule has 98 valence electrons. The number of unbranched alkanes of at least 4 members (excludes halogenated alkanes) is 2. The van der Waals surface area contributed by atoms with Gasteiger partial charge in [-0.2, -0.15) is 4.98 Å². The molecule has 0 aliphatic rings. The van der Waals surface area contributed by atoms with E-state index in [1.54, 1.807) is 7.11 Å². The third-order valence-electron chi connectivity index (χ3n) is 2.71. The van der Waals surface area contributed by atoms with E-state index in [9.17, 15) is 0 Å².